The topological polar surface area (TPSA) is 64.0 Å². The molecule has 0 bridgehead atoms. The van der Waals surface area contributed by atoms with Gasteiger partial charge in [0.25, 0.3) is 0 Å². The molecule has 0 aliphatic heterocycles. The van der Waals surface area contributed by atoms with Gasteiger partial charge in [0.15, 0.2) is 0 Å². The van der Waals surface area contributed by atoms with E-state index in [0.29, 0.717) is 16.9 Å². The first-order valence-corrected chi connectivity index (χ1v) is 9.36. The van der Waals surface area contributed by atoms with Crippen LogP contribution in [0.25, 0.3) is 0 Å². The Morgan fingerprint density at radius 1 is 0.862 bits per heavy atom. The van der Waals surface area contributed by atoms with Crippen LogP contribution in [0.15, 0.2) is 85.6 Å². The van der Waals surface area contributed by atoms with E-state index < -0.39 is 0 Å². The number of aromatic nitrogens is 4. The van der Waals surface area contributed by atoms with Gasteiger partial charge in [-0.1, -0.05) is 23.7 Å². The van der Waals surface area contributed by atoms with Gasteiger partial charge in [0.2, 0.25) is 5.88 Å². The number of rotatable bonds is 6. The molecule has 0 aliphatic carbocycles. The van der Waals surface area contributed by atoms with Crippen molar-refractivity contribution in [1.29, 1.82) is 0 Å². The van der Waals surface area contributed by atoms with Crippen molar-refractivity contribution in [2.24, 2.45) is 0 Å². The Labute approximate surface area is 173 Å². The first kappa shape index (κ1) is 18.8. The summed E-state index contributed by atoms with van der Waals surface area (Å²) < 4.78 is 5.22. The van der Waals surface area contributed by atoms with Gasteiger partial charge in [0, 0.05) is 30.9 Å². The number of ether oxygens (including phenoxy) is 1. The van der Waals surface area contributed by atoms with E-state index in [1.165, 1.54) is 0 Å². The molecule has 4 aromatic rings. The van der Waals surface area contributed by atoms with Crippen molar-refractivity contribution < 1.29 is 4.74 Å². The normalized spacial score (nSPS) is 11.7. The van der Waals surface area contributed by atoms with Crippen molar-refractivity contribution in [3.05, 3.63) is 102 Å². The predicted octanol–water partition coefficient (Wildman–Crippen LogP) is 4.86. The lowest BCUT2D eigenvalue weighted by atomic mass is 9.99. The number of hydrogen-bond acceptors (Lipinski definition) is 6. The SMILES string of the molecule is COc1ccc(C(c2cccnc2)N(c2cccnc2)c2cccc(Cl)n2)cn1. The summed E-state index contributed by atoms with van der Waals surface area (Å²) >= 11 is 6.22. The van der Waals surface area contributed by atoms with Gasteiger partial charge in [-0.2, -0.15) is 0 Å². The van der Waals surface area contributed by atoms with Crippen LogP contribution in [0.1, 0.15) is 17.2 Å². The summed E-state index contributed by atoms with van der Waals surface area (Å²) in [5.41, 5.74) is 2.79. The molecule has 1 unspecified atom stereocenters. The zero-order valence-electron chi connectivity index (χ0n) is 15.7. The van der Waals surface area contributed by atoms with Gasteiger partial charge in [-0.25, -0.2) is 9.97 Å². The molecule has 0 saturated heterocycles. The van der Waals surface area contributed by atoms with Crippen LogP contribution in [0, 0.1) is 0 Å². The minimum Gasteiger partial charge on any atom is -0.481 e. The maximum atomic E-state index is 6.22. The Kier molecular flexibility index (Phi) is 5.63. The van der Waals surface area contributed by atoms with Gasteiger partial charge in [-0.05, 0) is 47.5 Å². The Morgan fingerprint density at radius 3 is 2.28 bits per heavy atom. The molecule has 1 atom stereocenters. The Balaban J connectivity index is 1.92. The van der Waals surface area contributed by atoms with E-state index >= 15 is 0 Å². The van der Waals surface area contributed by atoms with E-state index in [0.717, 1.165) is 16.8 Å². The average molecular weight is 404 g/mol. The molecule has 7 heteroatoms. The second-order valence-electron chi connectivity index (χ2n) is 6.22. The van der Waals surface area contributed by atoms with E-state index in [1.54, 1.807) is 38.0 Å². The van der Waals surface area contributed by atoms with Crippen molar-refractivity contribution in [3.63, 3.8) is 0 Å². The van der Waals surface area contributed by atoms with Crippen LogP contribution < -0.4 is 9.64 Å². The maximum Gasteiger partial charge on any atom is 0.212 e. The van der Waals surface area contributed by atoms with Crippen LogP contribution >= 0.6 is 11.6 Å². The lowest BCUT2D eigenvalue weighted by Gasteiger charge is -2.33. The molecule has 0 N–H and O–H groups in total. The molecule has 29 heavy (non-hydrogen) atoms. The molecule has 144 valence electrons. The first-order valence-electron chi connectivity index (χ1n) is 8.98. The third-order valence-corrected chi connectivity index (χ3v) is 4.62. The zero-order chi connectivity index (χ0) is 20.1. The van der Waals surface area contributed by atoms with Gasteiger partial charge in [0.1, 0.15) is 11.0 Å². The van der Waals surface area contributed by atoms with Crippen LogP contribution in [0.5, 0.6) is 5.88 Å². The first-order chi connectivity index (χ1) is 14.3. The average Bonchev–Trinajstić information content (AvgIpc) is 2.79. The minimum atomic E-state index is -0.253. The summed E-state index contributed by atoms with van der Waals surface area (Å²) in [6.45, 7) is 0. The third-order valence-electron chi connectivity index (χ3n) is 4.41. The molecule has 0 fully saturated rings. The van der Waals surface area contributed by atoms with Crippen LogP contribution in [0.3, 0.4) is 0 Å². The quantitative estimate of drug-likeness (QED) is 0.428. The van der Waals surface area contributed by atoms with Crippen molar-refractivity contribution in [2.45, 2.75) is 6.04 Å². The van der Waals surface area contributed by atoms with E-state index in [9.17, 15) is 0 Å². The molecule has 0 aromatic carbocycles. The highest BCUT2D eigenvalue weighted by Crippen LogP contribution is 2.38. The molecule has 4 aromatic heterocycles. The third kappa shape index (κ3) is 4.17. The fourth-order valence-corrected chi connectivity index (χ4v) is 3.30. The van der Waals surface area contributed by atoms with Crippen molar-refractivity contribution in [3.8, 4) is 5.88 Å². The Hall–Kier alpha value is -3.51. The summed E-state index contributed by atoms with van der Waals surface area (Å²) in [5.74, 6) is 1.24. The molecular formula is C22H18ClN5O. The molecular weight excluding hydrogens is 386 g/mol. The summed E-state index contributed by atoms with van der Waals surface area (Å²) in [4.78, 5) is 19.6. The monoisotopic (exact) mass is 403 g/mol. The minimum absolute atomic E-state index is 0.253. The fraction of sp³-hybridized carbons (Fsp3) is 0.0909. The van der Waals surface area contributed by atoms with Crippen molar-refractivity contribution in [2.75, 3.05) is 12.0 Å². The summed E-state index contributed by atoms with van der Waals surface area (Å²) in [6.07, 6.45) is 8.91. The van der Waals surface area contributed by atoms with Crippen LogP contribution in [-0.4, -0.2) is 27.0 Å². The highest BCUT2D eigenvalue weighted by Gasteiger charge is 2.26. The zero-order valence-corrected chi connectivity index (χ0v) is 16.4. The van der Waals surface area contributed by atoms with Crippen molar-refractivity contribution >= 4 is 23.1 Å². The van der Waals surface area contributed by atoms with Gasteiger partial charge >= 0.3 is 0 Å². The van der Waals surface area contributed by atoms with Gasteiger partial charge in [-0.3, -0.25) is 9.97 Å². The summed E-state index contributed by atoms with van der Waals surface area (Å²) in [5, 5.41) is 0.411. The van der Waals surface area contributed by atoms with Crippen LogP contribution in [0.2, 0.25) is 5.15 Å². The second-order valence-corrected chi connectivity index (χ2v) is 6.61. The maximum absolute atomic E-state index is 6.22. The summed E-state index contributed by atoms with van der Waals surface area (Å²) in [7, 11) is 1.60. The number of methoxy groups -OCH3 is 1. The van der Waals surface area contributed by atoms with Gasteiger partial charge < -0.3 is 9.64 Å². The molecule has 0 saturated carbocycles. The van der Waals surface area contributed by atoms with E-state index in [4.69, 9.17) is 16.3 Å². The molecule has 6 nitrogen and oxygen atoms in total. The number of pyridine rings is 4. The largest absolute Gasteiger partial charge is 0.481 e. The molecule has 0 spiro atoms. The van der Waals surface area contributed by atoms with Gasteiger partial charge in [-0.15, -0.1) is 0 Å². The number of hydrogen-bond donors (Lipinski definition) is 0. The Bertz CT molecular complexity index is 1060. The molecule has 4 rings (SSSR count). The van der Waals surface area contributed by atoms with Crippen LogP contribution in [-0.2, 0) is 0 Å². The molecule has 0 amide bonds. The second kappa shape index (κ2) is 8.67. The van der Waals surface area contributed by atoms with E-state index in [2.05, 4.69) is 24.8 Å². The predicted molar refractivity (Wildman–Crippen MR) is 112 cm³/mol. The highest BCUT2D eigenvalue weighted by atomic mass is 35.5. The van der Waals surface area contributed by atoms with E-state index in [1.807, 2.05) is 54.7 Å². The molecule has 0 radical (unpaired) electrons. The Morgan fingerprint density at radius 2 is 1.66 bits per heavy atom. The molecule has 4 heterocycles. The van der Waals surface area contributed by atoms with Crippen molar-refractivity contribution in [1.82, 2.24) is 19.9 Å². The lowest BCUT2D eigenvalue weighted by molar-refractivity contribution is 0.397. The van der Waals surface area contributed by atoms with E-state index in [-0.39, 0.29) is 6.04 Å². The molecule has 0 aliphatic rings. The summed E-state index contributed by atoms with van der Waals surface area (Å²) in [6, 6.07) is 16.9. The smallest absolute Gasteiger partial charge is 0.212 e. The highest BCUT2D eigenvalue weighted by molar-refractivity contribution is 6.29. The number of halogens is 1. The number of anilines is 2. The standard InChI is InChI=1S/C22H18ClN5O/c1-29-21-10-9-17(14-26-21)22(16-5-3-11-24-13-16)28(18-6-4-12-25-15-18)20-8-2-7-19(23)27-20/h2-15,22H,1H3. The fourth-order valence-electron chi connectivity index (χ4n) is 3.14. The number of nitrogens with zero attached hydrogens (tertiary/aromatic N) is 5. The van der Waals surface area contributed by atoms with Crippen LogP contribution in [0.4, 0.5) is 11.5 Å². The lowest BCUT2D eigenvalue weighted by Crippen LogP contribution is -2.26. The van der Waals surface area contributed by atoms with Gasteiger partial charge in [0.05, 0.1) is 25.0 Å².